The molecule has 8 nitrogen and oxygen atoms in total. The molecular weight excluding hydrogens is 442 g/mol. The molecule has 33 heavy (non-hydrogen) atoms. The lowest BCUT2D eigenvalue weighted by molar-refractivity contribution is 0.0932. The first-order chi connectivity index (χ1) is 16.1. The highest BCUT2D eigenvalue weighted by atomic mass is 32.1. The third kappa shape index (κ3) is 7.22. The van der Waals surface area contributed by atoms with Crippen LogP contribution in [-0.4, -0.2) is 37.3 Å². The minimum Gasteiger partial charge on any atom is -0.496 e. The van der Waals surface area contributed by atoms with Crippen LogP contribution in [0.3, 0.4) is 0 Å². The lowest BCUT2D eigenvalue weighted by atomic mass is 10.2. The number of rotatable bonds is 8. The van der Waals surface area contributed by atoms with Gasteiger partial charge < -0.3 is 14.2 Å². The molecule has 2 amide bonds. The summed E-state index contributed by atoms with van der Waals surface area (Å²) in [5.41, 5.74) is 5.59. The van der Waals surface area contributed by atoms with Gasteiger partial charge in [-0.15, -0.1) is 0 Å². The van der Waals surface area contributed by atoms with Crippen molar-refractivity contribution < 1.29 is 23.8 Å². The van der Waals surface area contributed by atoms with Crippen molar-refractivity contribution in [2.75, 3.05) is 20.3 Å². The van der Waals surface area contributed by atoms with E-state index in [2.05, 4.69) is 16.2 Å². The first kappa shape index (κ1) is 23.6. The molecule has 0 heterocycles. The zero-order valence-corrected chi connectivity index (χ0v) is 18.7. The molecule has 0 unspecified atom stereocenters. The Kier molecular flexibility index (Phi) is 8.61. The summed E-state index contributed by atoms with van der Waals surface area (Å²) < 4.78 is 16.4. The van der Waals surface area contributed by atoms with Crippen LogP contribution in [-0.2, 0) is 0 Å². The highest BCUT2D eigenvalue weighted by Gasteiger charge is 2.13. The SMILES string of the molecule is COc1ccccc1C(=O)NNC(=S)NC(=O)c1cccc(OCCOc2ccccc2)c1. The number of carbonyl (C=O) groups excluding carboxylic acids is 2. The molecule has 3 aromatic rings. The van der Waals surface area contributed by atoms with E-state index in [1.165, 1.54) is 7.11 Å². The Bertz CT molecular complexity index is 1110. The predicted octanol–water partition coefficient (Wildman–Crippen LogP) is 3.10. The highest BCUT2D eigenvalue weighted by Crippen LogP contribution is 2.16. The molecule has 0 bridgehead atoms. The van der Waals surface area contributed by atoms with E-state index in [0.717, 1.165) is 5.75 Å². The summed E-state index contributed by atoms with van der Waals surface area (Å²) >= 11 is 5.09. The van der Waals surface area contributed by atoms with E-state index in [1.54, 1.807) is 48.5 Å². The summed E-state index contributed by atoms with van der Waals surface area (Å²) in [5, 5.41) is 2.44. The average molecular weight is 466 g/mol. The fraction of sp³-hybridized carbons (Fsp3) is 0.125. The first-order valence-corrected chi connectivity index (χ1v) is 10.4. The van der Waals surface area contributed by atoms with Gasteiger partial charge in [0.1, 0.15) is 30.5 Å². The number of methoxy groups -OCH3 is 1. The van der Waals surface area contributed by atoms with Gasteiger partial charge in [0.2, 0.25) is 0 Å². The Hall–Kier alpha value is -4.11. The van der Waals surface area contributed by atoms with E-state index in [-0.39, 0.29) is 5.11 Å². The number of carbonyl (C=O) groups is 2. The maximum atomic E-state index is 12.5. The molecule has 0 saturated heterocycles. The largest absolute Gasteiger partial charge is 0.496 e. The maximum Gasteiger partial charge on any atom is 0.273 e. The molecule has 3 N–H and O–H groups in total. The number of thiocarbonyl (C=S) groups is 1. The zero-order valence-electron chi connectivity index (χ0n) is 17.9. The summed E-state index contributed by atoms with van der Waals surface area (Å²) in [7, 11) is 1.47. The van der Waals surface area contributed by atoms with Gasteiger partial charge in [0.05, 0.1) is 12.7 Å². The van der Waals surface area contributed by atoms with Crippen molar-refractivity contribution in [3.8, 4) is 17.2 Å². The van der Waals surface area contributed by atoms with Crippen molar-refractivity contribution in [3.63, 3.8) is 0 Å². The van der Waals surface area contributed by atoms with Crippen LogP contribution in [0.4, 0.5) is 0 Å². The van der Waals surface area contributed by atoms with Crippen LogP contribution < -0.4 is 30.4 Å². The van der Waals surface area contributed by atoms with E-state index < -0.39 is 11.8 Å². The van der Waals surface area contributed by atoms with Gasteiger partial charge in [-0.05, 0) is 54.7 Å². The predicted molar refractivity (Wildman–Crippen MR) is 128 cm³/mol. The zero-order chi connectivity index (χ0) is 23.5. The third-order valence-electron chi connectivity index (χ3n) is 4.33. The van der Waals surface area contributed by atoms with Gasteiger partial charge in [0, 0.05) is 5.56 Å². The average Bonchev–Trinajstić information content (AvgIpc) is 2.86. The summed E-state index contributed by atoms with van der Waals surface area (Å²) in [5.74, 6) is 0.774. The van der Waals surface area contributed by atoms with E-state index in [1.807, 2.05) is 30.3 Å². The molecule has 0 radical (unpaired) electrons. The number of nitrogens with one attached hydrogen (secondary N) is 3. The minimum atomic E-state index is -0.461. The van der Waals surface area contributed by atoms with Crippen molar-refractivity contribution in [3.05, 3.63) is 90.0 Å². The third-order valence-corrected chi connectivity index (χ3v) is 4.53. The van der Waals surface area contributed by atoms with Gasteiger partial charge in [-0.2, -0.15) is 0 Å². The number of para-hydroxylation sites is 2. The number of benzene rings is 3. The second kappa shape index (κ2) is 12.1. The first-order valence-electron chi connectivity index (χ1n) is 10.0. The van der Waals surface area contributed by atoms with Crippen LogP contribution in [0.5, 0.6) is 17.2 Å². The molecule has 0 saturated carbocycles. The molecule has 0 fully saturated rings. The second-order valence-corrected chi connectivity index (χ2v) is 7.01. The van der Waals surface area contributed by atoms with Crippen LogP contribution in [0, 0.1) is 0 Å². The molecule has 3 rings (SSSR count). The standard InChI is InChI=1S/C24H23N3O5S/c1-30-21-13-6-5-12-20(21)23(29)26-27-24(33)25-22(28)17-8-7-11-19(16-17)32-15-14-31-18-9-3-2-4-10-18/h2-13,16H,14-15H2,1H3,(H,26,29)(H2,25,27,28,33). The van der Waals surface area contributed by atoms with Gasteiger partial charge in [0.15, 0.2) is 5.11 Å². The fourth-order valence-corrected chi connectivity index (χ4v) is 2.93. The van der Waals surface area contributed by atoms with Gasteiger partial charge in [-0.1, -0.05) is 36.4 Å². The smallest absolute Gasteiger partial charge is 0.273 e. The summed E-state index contributed by atoms with van der Waals surface area (Å²) in [4.78, 5) is 24.8. The Balaban J connectivity index is 1.45. The van der Waals surface area contributed by atoms with Gasteiger partial charge in [-0.3, -0.25) is 25.8 Å². The Labute approximate surface area is 196 Å². The molecule has 3 aromatic carbocycles. The highest BCUT2D eigenvalue weighted by molar-refractivity contribution is 7.80. The molecule has 0 aliphatic carbocycles. The maximum absolute atomic E-state index is 12.5. The van der Waals surface area contributed by atoms with Gasteiger partial charge >= 0.3 is 0 Å². The minimum absolute atomic E-state index is 0.0640. The van der Waals surface area contributed by atoms with Crippen LogP contribution in [0.15, 0.2) is 78.9 Å². The number of hydrazine groups is 1. The molecule has 0 spiro atoms. The van der Waals surface area contributed by atoms with Crippen molar-refractivity contribution in [2.45, 2.75) is 0 Å². The lowest BCUT2D eigenvalue weighted by Crippen LogP contribution is -2.48. The molecule has 9 heteroatoms. The number of hydrogen-bond donors (Lipinski definition) is 3. The number of hydrogen-bond acceptors (Lipinski definition) is 6. The molecule has 0 aliphatic heterocycles. The van der Waals surface area contributed by atoms with Crippen molar-refractivity contribution in [1.29, 1.82) is 0 Å². The fourth-order valence-electron chi connectivity index (χ4n) is 2.78. The topological polar surface area (TPSA) is 97.9 Å². The van der Waals surface area contributed by atoms with Gasteiger partial charge in [-0.25, -0.2) is 0 Å². The lowest BCUT2D eigenvalue weighted by Gasteiger charge is -2.13. The Morgan fingerprint density at radius 3 is 2.21 bits per heavy atom. The van der Waals surface area contributed by atoms with E-state index in [9.17, 15) is 9.59 Å². The van der Waals surface area contributed by atoms with Crippen LogP contribution in [0.1, 0.15) is 20.7 Å². The van der Waals surface area contributed by atoms with Crippen molar-refractivity contribution in [1.82, 2.24) is 16.2 Å². The van der Waals surface area contributed by atoms with Crippen molar-refractivity contribution >= 4 is 29.1 Å². The summed E-state index contributed by atoms with van der Waals surface area (Å²) in [6.07, 6.45) is 0. The van der Waals surface area contributed by atoms with Crippen LogP contribution in [0.25, 0.3) is 0 Å². The Morgan fingerprint density at radius 2 is 1.45 bits per heavy atom. The van der Waals surface area contributed by atoms with E-state index in [0.29, 0.717) is 35.8 Å². The van der Waals surface area contributed by atoms with Crippen LogP contribution in [0.2, 0.25) is 0 Å². The molecule has 0 atom stereocenters. The van der Waals surface area contributed by atoms with E-state index in [4.69, 9.17) is 26.4 Å². The monoisotopic (exact) mass is 465 g/mol. The molecule has 170 valence electrons. The summed E-state index contributed by atoms with van der Waals surface area (Å²) in [6.45, 7) is 0.676. The van der Waals surface area contributed by atoms with Crippen LogP contribution >= 0.6 is 12.2 Å². The Morgan fingerprint density at radius 1 is 0.788 bits per heavy atom. The number of amides is 2. The number of ether oxygens (including phenoxy) is 3. The van der Waals surface area contributed by atoms with E-state index >= 15 is 0 Å². The normalized spacial score (nSPS) is 9.97. The second-order valence-electron chi connectivity index (χ2n) is 6.60. The molecule has 0 aliphatic rings. The molecular formula is C24H23N3O5S. The van der Waals surface area contributed by atoms with Gasteiger partial charge in [0.25, 0.3) is 11.8 Å². The summed E-state index contributed by atoms with van der Waals surface area (Å²) in [6, 6.07) is 22.8. The van der Waals surface area contributed by atoms with Crippen molar-refractivity contribution in [2.24, 2.45) is 0 Å². The quantitative estimate of drug-likeness (QED) is 0.267. The molecule has 0 aromatic heterocycles.